The molecule has 3 saturated heterocycles. The van der Waals surface area contributed by atoms with E-state index in [4.69, 9.17) is 20.2 Å². The highest BCUT2D eigenvalue weighted by molar-refractivity contribution is 5.55. The lowest BCUT2D eigenvalue weighted by Crippen LogP contribution is -2.52. The third kappa shape index (κ3) is 4.69. The number of nitrogens with two attached hydrogens (primary N) is 1. The molecule has 0 aliphatic carbocycles. The van der Waals surface area contributed by atoms with Crippen LogP contribution in [0.3, 0.4) is 0 Å². The van der Waals surface area contributed by atoms with E-state index in [2.05, 4.69) is 32.3 Å². The molecule has 226 valence electrons. The molecule has 0 amide bonds. The Kier molecular flexibility index (Phi) is 6.63. The van der Waals surface area contributed by atoms with E-state index in [1.165, 1.54) is 6.92 Å². The van der Waals surface area contributed by atoms with Gasteiger partial charge in [-0.2, -0.15) is 23.1 Å². The highest BCUT2D eigenvalue weighted by Gasteiger charge is 2.49. The summed E-state index contributed by atoms with van der Waals surface area (Å²) in [6.07, 6.45) is -0.768. The number of nitrogens with zero attached hydrogens (tertiary/aromatic N) is 4. The number of hydrogen-bond acceptors (Lipinski definition) is 8. The molecule has 1 aromatic heterocycles. The van der Waals surface area contributed by atoms with Crippen LogP contribution < -0.4 is 20.7 Å². The van der Waals surface area contributed by atoms with E-state index in [1.807, 2.05) is 0 Å². The molecule has 1 aromatic carbocycles. The molecule has 2 unspecified atom stereocenters. The molecular weight excluding hydrogens is 559 g/mol. The van der Waals surface area contributed by atoms with Crippen molar-refractivity contribution in [3.05, 3.63) is 52.0 Å². The second-order valence-electron chi connectivity index (χ2n) is 12.2. The van der Waals surface area contributed by atoms with E-state index in [0.29, 0.717) is 43.1 Å². The fourth-order valence-corrected chi connectivity index (χ4v) is 7.52. The van der Waals surface area contributed by atoms with Crippen molar-refractivity contribution in [1.29, 1.82) is 0 Å². The van der Waals surface area contributed by atoms with E-state index < -0.39 is 40.9 Å². The van der Waals surface area contributed by atoms with Crippen molar-refractivity contribution in [2.24, 2.45) is 0 Å². The normalized spacial score (nSPS) is 30.6. The molecule has 2 bridgehead atoms. The first-order valence-corrected chi connectivity index (χ1v) is 14.4. The Morgan fingerprint density at radius 1 is 1.19 bits per heavy atom. The number of halogens is 5. The summed E-state index contributed by atoms with van der Waals surface area (Å²) in [5, 5.41) is 3.48. The minimum Gasteiger partial charge on any atom is -0.461 e. The van der Waals surface area contributed by atoms with Crippen LogP contribution in [0.4, 0.5) is 33.5 Å². The average molecular weight is 593 g/mol. The number of benzene rings is 1. The van der Waals surface area contributed by atoms with Crippen LogP contribution in [-0.4, -0.2) is 71.4 Å². The first kappa shape index (κ1) is 27.8. The predicted octanol–water partition coefficient (Wildman–Crippen LogP) is 4.01. The molecule has 42 heavy (non-hydrogen) atoms. The van der Waals surface area contributed by atoms with Crippen LogP contribution in [0.15, 0.2) is 18.2 Å². The minimum atomic E-state index is -4.81. The Morgan fingerprint density at radius 3 is 2.69 bits per heavy atom. The minimum absolute atomic E-state index is 0.0760. The molecule has 0 radical (unpaired) electrons. The fourth-order valence-electron chi connectivity index (χ4n) is 7.52. The average Bonchev–Trinajstić information content (AvgIpc) is 3.58. The third-order valence-electron chi connectivity index (χ3n) is 9.36. The van der Waals surface area contributed by atoms with Gasteiger partial charge < -0.3 is 25.4 Å². The van der Waals surface area contributed by atoms with Gasteiger partial charge in [-0.1, -0.05) is 12.2 Å². The molecule has 13 heteroatoms. The van der Waals surface area contributed by atoms with Crippen molar-refractivity contribution in [3.63, 3.8) is 0 Å². The highest BCUT2D eigenvalue weighted by atomic mass is 19.4. The molecule has 2 aromatic rings. The van der Waals surface area contributed by atoms with Gasteiger partial charge in [-0.3, -0.25) is 4.90 Å². The van der Waals surface area contributed by atoms with Crippen LogP contribution in [0.25, 0.3) is 0 Å². The second-order valence-corrected chi connectivity index (χ2v) is 12.2. The molecule has 7 rings (SSSR count). The number of rotatable bonds is 5. The van der Waals surface area contributed by atoms with Crippen LogP contribution in [-0.2, 0) is 23.9 Å². The lowest BCUT2D eigenvalue weighted by Gasteiger charge is -2.37. The van der Waals surface area contributed by atoms with Gasteiger partial charge in [0.25, 0.3) is 0 Å². The lowest BCUT2D eigenvalue weighted by atomic mass is 9.91. The number of nitrogen functional groups attached to an aromatic ring is 1. The van der Waals surface area contributed by atoms with Gasteiger partial charge in [-0.05, 0) is 37.9 Å². The van der Waals surface area contributed by atoms with Crippen molar-refractivity contribution in [2.45, 2.75) is 75.3 Å². The Balaban J connectivity index is 1.25. The van der Waals surface area contributed by atoms with Gasteiger partial charge >= 0.3 is 12.2 Å². The van der Waals surface area contributed by atoms with E-state index in [1.54, 1.807) is 0 Å². The van der Waals surface area contributed by atoms with Crippen molar-refractivity contribution < 1.29 is 31.4 Å². The summed E-state index contributed by atoms with van der Waals surface area (Å²) in [5.74, 6) is -0.552. The number of anilines is 2. The summed E-state index contributed by atoms with van der Waals surface area (Å²) < 4.78 is 84.2. The summed E-state index contributed by atoms with van der Waals surface area (Å²) in [7, 11) is 0. The zero-order valence-electron chi connectivity index (χ0n) is 23.2. The molecular formula is C29H33F5N6O2. The summed E-state index contributed by atoms with van der Waals surface area (Å²) >= 11 is 0. The molecule has 5 aliphatic heterocycles. The van der Waals surface area contributed by atoms with Crippen molar-refractivity contribution in [2.75, 3.05) is 43.4 Å². The van der Waals surface area contributed by atoms with Crippen molar-refractivity contribution in [1.82, 2.24) is 20.2 Å². The van der Waals surface area contributed by atoms with Gasteiger partial charge in [-0.15, -0.1) is 0 Å². The molecule has 5 aliphatic rings. The van der Waals surface area contributed by atoms with Gasteiger partial charge in [0.2, 0.25) is 0 Å². The number of nitrogens with one attached hydrogen (secondary N) is 1. The summed E-state index contributed by atoms with van der Waals surface area (Å²) in [4.78, 5) is 13.6. The Labute approximate surface area is 240 Å². The lowest BCUT2D eigenvalue weighted by molar-refractivity contribution is -0.140. The predicted molar refractivity (Wildman–Crippen MR) is 144 cm³/mol. The topological polar surface area (TPSA) is 88.8 Å². The number of hydrogen-bond donors (Lipinski definition) is 2. The molecule has 3 N–H and O–H groups in total. The van der Waals surface area contributed by atoms with E-state index in [9.17, 15) is 17.6 Å². The van der Waals surface area contributed by atoms with E-state index in [0.717, 1.165) is 25.5 Å². The molecule has 6 heterocycles. The van der Waals surface area contributed by atoms with E-state index in [-0.39, 0.29) is 49.0 Å². The van der Waals surface area contributed by atoms with Crippen LogP contribution in [0.5, 0.6) is 6.01 Å². The van der Waals surface area contributed by atoms with Crippen molar-refractivity contribution >= 4 is 11.5 Å². The maximum absolute atomic E-state index is 15.3. The number of fused-ring (bicyclic) bond motifs is 4. The quantitative estimate of drug-likeness (QED) is 0.306. The first-order valence-electron chi connectivity index (χ1n) is 14.4. The number of ether oxygens (including phenoxy) is 2. The fraction of sp³-hybridized carbons (Fsp3) is 0.586. The van der Waals surface area contributed by atoms with Crippen LogP contribution in [0.1, 0.15) is 53.3 Å². The maximum atomic E-state index is 15.3. The molecule has 5 atom stereocenters. The largest absolute Gasteiger partial charge is 0.461 e. The number of aromatic nitrogens is 2. The van der Waals surface area contributed by atoms with Crippen LogP contribution in [0.2, 0.25) is 0 Å². The van der Waals surface area contributed by atoms with Gasteiger partial charge in [0.1, 0.15) is 18.6 Å². The summed E-state index contributed by atoms with van der Waals surface area (Å²) in [6.45, 7) is 3.80. The Morgan fingerprint density at radius 2 is 1.95 bits per heavy atom. The number of piperazine rings is 1. The summed E-state index contributed by atoms with van der Waals surface area (Å²) in [5.41, 5.74) is 4.18. The highest BCUT2D eigenvalue weighted by Crippen LogP contribution is 2.45. The first-order chi connectivity index (χ1) is 20.0. The summed E-state index contributed by atoms with van der Waals surface area (Å²) in [6, 6.07) is 1.32. The zero-order chi connectivity index (χ0) is 29.4. The number of alkyl halides is 4. The molecule has 3 fully saturated rings. The maximum Gasteiger partial charge on any atom is 0.417 e. The monoisotopic (exact) mass is 592 g/mol. The Bertz CT molecular complexity index is 1420. The van der Waals surface area contributed by atoms with Crippen molar-refractivity contribution in [3.8, 4) is 6.01 Å². The van der Waals surface area contributed by atoms with Gasteiger partial charge in [-0.25, -0.2) is 8.78 Å². The van der Waals surface area contributed by atoms with Gasteiger partial charge in [0.15, 0.2) is 5.82 Å². The van der Waals surface area contributed by atoms with Gasteiger partial charge in [0.05, 0.1) is 35.2 Å². The van der Waals surface area contributed by atoms with Gasteiger partial charge in [0, 0.05) is 55.7 Å². The SMILES string of the molecule is Cc1cc(N)c(F)c([C@@H]2Cc3nc(OC[C@@]45CCCN4C[C@H](F)C5)nc(N4CC5C=CC(C4)N5)c3CO2)c1C(F)(F)F. The van der Waals surface area contributed by atoms with E-state index >= 15 is 4.39 Å². The number of aryl methyl sites for hydroxylation is 1. The standard InChI is InChI=1S/C29H33F5N6O2/c1-15-7-20(35)25(31)23(24(15)29(32,33)34)22-8-21-19(13-41-22)26(39-11-17-3-4-18(12-39)36-17)38-27(37-21)42-14-28-5-2-6-40(28)10-16(30)9-28/h3-4,7,16-18,22,36H,2,5-6,8-14,35H2,1H3/t16-,17?,18?,22+,28+/m1/s1. The molecule has 0 spiro atoms. The molecule has 0 saturated carbocycles. The van der Waals surface area contributed by atoms with Crippen LogP contribution in [0, 0.1) is 12.7 Å². The second kappa shape index (κ2) is 10.0. The van der Waals surface area contributed by atoms with Crippen LogP contribution >= 0.6 is 0 Å². The Hall–Kier alpha value is -3.03. The zero-order valence-corrected chi connectivity index (χ0v) is 23.2. The smallest absolute Gasteiger partial charge is 0.417 e. The third-order valence-corrected chi connectivity index (χ3v) is 9.36. The molecule has 8 nitrogen and oxygen atoms in total.